The van der Waals surface area contributed by atoms with E-state index in [2.05, 4.69) is 10.6 Å². The van der Waals surface area contributed by atoms with E-state index in [4.69, 9.17) is 4.74 Å². The first-order chi connectivity index (χ1) is 15.2. The van der Waals surface area contributed by atoms with Crippen molar-refractivity contribution in [1.29, 1.82) is 5.26 Å². The van der Waals surface area contributed by atoms with Crippen LogP contribution in [-0.4, -0.2) is 46.7 Å². The van der Waals surface area contributed by atoms with Gasteiger partial charge in [0.05, 0.1) is 0 Å². The van der Waals surface area contributed by atoms with Crippen LogP contribution in [0.3, 0.4) is 0 Å². The molecule has 2 aromatic rings. The van der Waals surface area contributed by atoms with Gasteiger partial charge in [0.25, 0.3) is 5.91 Å². The molecule has 3 N–H and O–H groups in total. The summed E-state index contributed by atoms with van der Waals surface area (Å²) in [4.78, 5) is 26.5. The van der Waals surface area contributed by atoms with Crippen LogP contribution >= 0.6 is 0 Å². The molecule has 0 bridgehead atoms. The zero-order valence-electron chi connectivity index (χ0n) is 18.5. The van der Waals surface area contributed by atoms with Crippen LogP contribution in [0.5, 0.6) is 5.75 Å². The Morgan fingerprint density at radius 3 is 2.47 bits per heavy atom. The van der Waals surface area contributed by atoms with E-state index in [1.807, 2.05) is 26.8 Å². The van der Waals surface area contributed by atoms with Crippen molar-refractivity contribution in [2.75, 3.05) is 18.4 Å². The first-order valence-corrected chi connectivity index (χ1v) is 10.5. The third kappa shape index (κ3) is 5.70. The lowest BCUT2D eigenvalue weighted by Gasteiger charge is -2.33. The van der Waals surface area contributed by atoms with Gasteiger partial charge in [-0.3, -0.25) is 4.79 Å². The molecule has 1 saturated heterocycles. The van der Waals surface area contributed by atoms with Crippen molar-refractivity contribution in [3.63, 3.8) is 0 Å². The summed E-state index contributed by atoms with van der Waals surface area (Å²) in [7, 11) is 0. The number of ether oxygens (including phenoxy) is 1. The molecular formula is C24H28N4O4. The molecular weight excluding hydrogens is 408 g/mol. The fourth-order valence-electron chi connectivity index (χ4n) is 3.50. The Balaban J connectivity index is 1.59. The van der Waals surface area contributed by atoms with Crippen LogP contribution in [-0.2, 0) is 9.53 Å². The number of phenols is 1. The number of fused-ring (bicyclic) bond motifs is 1. The molecule has 1 aliphatic rings. The van der Waals surface area contributed by atoms with Gasteiger partial charge in [-0.1, -0.05) is 24.3 Å². The molecule has 32 heavy (non-hydrogen) atoms. The Hall–Kier alpha value is -3.73. The van der Waals surface area contributed by atoms with Gasteiger partial charge in [-0.05, 0) is 45.7 Å². The number of anilines is 1. The maximum absolute atomic E-state index is 12.6. The van der Waals surface area contributed by atoms with Crippen LogP contribution < -0.4 is 10.6 Å². The quantitative estimate of drug-likeness (QED) is 0.495. The minimum atomic E-state index is -0.540. The van der Waals surface area contributed by atoms with Crippen LogP contribution in [0.4, 0.5) is 10.5 Å². The average Bonchev–Trinajstić information content (AvgIpc) is 2.74. The van der Waals surface area contributed by atoms with Crippen LogP contribution in [0, 0.1) is 11.3 Å². The maximum atomic E-state index is 12.6. The van der Waals surface area contributed by atoms with Gasteiger partial charge in [-0.2, -0.15) is 5.26 Å². The number of likely N-dealkylation sites (tertiary alicyclic amines) is 1. The van der Waals surface area contributed by atoms with Crippen LogP contribution in [0.1, 0.15) is 33.6 Å². The molecule has 0 radical (unpaired) electrons. The van der Waals surface area contributed by atoms with Crippen molar-refractivity contribution < 1.29 is 19.4 Å². The van der Waals surface area contributed by atoms with Crippen LogP contribution in [0.2, 0.25) is 0 Å². The number of phenolic OH excluding ortho intramolecular Hbond substituents is 1. The summed E-state index contributed by atoms with van der Waals surface area (Å²) >= 11 is 0. The summed E-state index contributed by atoms with van der Waals surface area (Å²) in [6.07, 6.45) is 2.45. The third-order valence-corrected chi connectivity index (χ3v) is 5.12. The van der Waals surface area contributed by atoms with Crippen molar-refractivity contribution in [3.8, 4) is 11.8 Å². The van der Waals surface area contributed by atoms with E-state index < -0.39 is 11.5 Å². The molecule has 0 aromatic heterocycles. The first kappa shape index (κ1) is 22.9. The summed E-state index contributed by atoms with van der Waals surface area (Å²) in [5, 5.41) is 26.6. The van der Waals surface area contributed by atoms with Gasteiger partial charge in [0.15, 0.2) is 0 Å². The molecule has 168 valence electrons. The Labute approximate surface area is 187 Å². The predicted molar refractivity (Wildman–Crippen MR) is 122 cm³/mol. The van der Waals surface area contributed by atoms with E-state index in [9.17, 15) is 20.0 Å². The van der Waals surface area contributed by atoms with E-state index in [0.29, 0.717) is 42.4 Å². The monoisotopic (exact) mass is 436 g/mol. The van der Waals surface area contributed by atoms with Crippen LogP contribution in [0.15, 0.2) is 48.2 Å². The molecule has 0 atom stereocenters. The number of carbonyl (C=O) groups excluding carboxylic acids is 2. The Kier molecular flexibility index (Phi) is 6.89. The largest absolute Gasteiger partial charge is 0.507 e. The lowest BCUT2D eigenvalue weighted by atomic mass is 10.1. The highest BCUT2D eigenvalue weighted by molar-refractivity contribution is 6.11. The zero-order valence-corrected chi connectivity index (χ0v) is 18.5. The highest BCUT2D eigenvalue weighted by Crippen LogP contribution is 2.30. The lowest BCUT2D eigenvalue weighted by Crippen LogP contribution is -2.45. The topological polar surface area (TPSA) is 115 Å². The number of nitrogens with zero attached hydrogens (tertiary/aromatic N) is 2. The van der Waals surface area contributed by atoms with Gasteiger partial charge in [0.1, 0.15) is 23.0 Å². The molecule has 8 heteroatoms. The Morgan fingerprint density at radius 1 is 1.16 bits per heavy atom. The number of rotatable bonds is 4. The Morgan fingerprint density at radius 2 is 1.81 bits per heavy atom. The second kappa shape index (κ2) is 9.60. The van der Waals surface area contributed by atoms with E-state index >= 15 is 0 Å². The van der Waals surface area contributed by atoms with E-state index in [0.717, 1.165) is 0 Å². The van der Waals surface area contributed by atoms with Gasteiger partial charge in [0.2, 0.25) is 0 Å². The molecule has 0 aliphatic carbocycles. The third-order valence-electron chi connectivity index (χ3n) is 5.12. The van der Waals surface area contributed by atoms with Gasteiger partial charge >= 0.3 is 6.09 Å². The number of carbonyl (C=O) groups is 2. The van der Waals surface area contributed by atoms with Crippen molar-refractivity contribution in [1.82, 2.24) is 10.2 Å². The van der Waals surface area contributed by atoms with Crippen molar-refractivity contribution in [2.24, 2.45) is 0 Å². The number of hydrogen-bond acceptors (Lipinski definition) is 6. The van der Waals surface area contributed by atoms with Gasteiger partial charge in [-0.15, -0.1) is 0 Å². The first-order valence-electron chi connectivity index (χ1n) is 10.5. The second-order valence-corrected chi connectivity index (χ2v) is 8.71. The number of piperidine rings is 1. The number of amides is 2. The minimum absolute atomic E-state index is 0.0411. The van der Waals surface area contributed by atoms with Crippen LogP contribution in [0.25, 0.3) is 10.8 Å². The molecule has 0 unspecified atom stereocenters. The second-order valence-electron chi connectivity index (χ2n) is 8.71. The van der Waals surface area contributed by atoms with Crippen molar-refractivity contribution in [2.45, 2.75) is 45.3 Å². The molecule has 1 fully saturated rings. The molecule has 2 amide bonds. The summed E-state index contributed by atoms with van der Waals surface area (Å²) in [6, 6.07) is 12.2. The standard InChI is InChI=1S/C24H28N4O4/c1-24(2,3)32-23(31)28-12-10-17(11-13-28)26-15-16(14-25)22(30)27-20-8-4-7-19-18(20)6-5-9-21(19)29/h4-9,15,17,26,29H,10-13H2,1-3H3,(H,27,30)/b16-15-. The number of aromatic hydroxyl groups is 1. The highest BCUT2D eigenvalue weighted by Gasteiger charge is 2.26. The molecule has 1 heterocycles. The number of hydrogen-bond donors (Lipinski definition) is 3. The fourth-order valence-corrected chi connectivity index (χ4v) is 3.50. The Bertz CT molecular complexity index is 1070. The van der Waals surface area contributed by atoms with Crippen molar-refractivity contribution >= 4 is 28.5 Å². The summed E-state index contributed by atoms with van der Waals surface area (Å²) in [6.45, 7) is 6.57. The number of benzene rings is 2. The SMILES string of the molecule is CC(C)(C)OC(=O)N1CCC(N/C=C(/C#N)C(=O)Nc2cccc3c(O)cccc23)CC1. The van der Waals surface area contributed by atoms with E-state index in [-0.39, 0.29) is 23.5 Å². The molecule has 1 aliphatic heterocycles. The lowest BCUT2D eigenvalue weighted by molar-refractivity contribution is -0.112. The zero-order chi connectivity index (χ0) is 23.3. The maximum Gasteiger partial charge on any atom is 0.410 e. The van der Waals surface area contributed by atoms with E-state index in [1.54, 1.807) is 41.3 Å². The predicted octanol–water partition coefficient (Wildman–Crippen LogP) is 3.88. The molecule has 2 aromatic carbocycles. The smallest absolute Gasteiger partial charge is 0.410 e. The molecule has 0 spiro atoms. The average molecular weight is 437 g/mol. The number of nitriles is 1. The van der Waals surface area contributed by atoms with Gasteiger partial charge in [-0.25, -0.2) is 4.79 Å². The number of nitrogens with one attached hydrogen (secondary N) is 2. The molecule has 3 rings (SSSR count). The van der Waals surface area contributed by atoms with Crippen molar-refractivity contribution in [3.05, 3.63) is 48.2 Å². The summed E-state index contributed by atoms with van der Waals surface area (Å²) < 4.78 is 5.40. The fraction of sp³-hybridized carbons (Fsp3) is 0.375. The molecule has 8 nitrogen and oxygen atoms in total. The molecule has 0 saturated carbocycles. The summed E-state index contributed by atoms with van der Waals surface area (Å²) in [5.41, 5.74) is -0.0840. The normalized spacial score (nSPS) is 15.2. The van der Waals surface area contributed by atoms with Gasteiger partial charge in [0, 0.05) is 41.8 Å². The highest BCUT2D eigenvalue weighted by atomic mass is 16.6. The van der Waals surface area contributed by atoms with E-state index in [1.165, 1.54) is 6.20 Å². The van der Waals surface area contributed by atoms with Gasteiger partial charge < -0.3 is 25.4 Å². The minimum Gasteiger partial charge on any atom is -0.507 e. The summed E-state index contributed by atoms with van der Waals surface area (Å²) in [5.74, 6) is -0.420.